The monoisotopic (exact) mass is 234 g/mol. The van der Waals surface area contributed by atoms with Crippen molar-refractivity contribution in [3.8, 4) is 0 Å². The Morgan fingerprint density at radius 3 is 2.88 bits per heavy atom. The molecule has 0 radical (unpaired) electrons. The van der Waals surface area contributed by atoms with Gasteiger partial charge in [-0.2, -0.15) is 0 Å². The number of hydrogen-bond acceptors (Lipinski definition) is 3. The number of aryl methyl sites for hydroxylation is 1. The van der Waals surface area contributed by atoms with Gasteiger partial charge in [0.1, 0.15) is 6.10 Å². The zero-order chi connectivity index (χ0) is 12.6. The lowest BCUT2D eigenvalue weighted by atomic mass is 10.1. The molecule has 1 unspecified atom stereocenters. The summed E-state index contributed by atoms with van der Waals surface area (Å²) in [5.74, 6) is -0.00509. The fourth-order valence-electron chi connectivity index (χ4n) is 2.13. The highest BCUT2D eigenvalue weighted by molar-refractivity contribution is 5.98. The number of benzene rings is 1. The van der Waals surface area contributed by atoms with Crippen LogP contribution in [0.4, 0.5) is 11.4 Å². The van der Waals surface area contributed by atoms with Crippen molar-refractivity contribution >= 4 is 17.3 Å². The predicted molar refractivity (Wildman–Crippen MR) is 68.1 cm³/mol. The number of nitrogen functional groups attached to an aromatic ring is 1. The van der Waals surface area contributed by atoms with Gasteiger partial charge in [0.15, 0.2) is 0 Å². The summed E-state index contributed by atoms with van der Waals surface area (Å²) < 4.78 is 5.07. The highest BCUT2D eigenvalue weighted by atomic mass is 16.5. The minimum absolute atomic E-state index is 0.00509. The Morgan fingerprint density at radius 1 is 1.53 bits per heavy atom. The van der Waals surface area contributed by atoms with E-state index in [4.69, 9.17) is 10.5 Å². The lowest BCUT2D eigenvalue weighted by Crippen LogP contribution is -2.37. The van der Waals surface area contributed by atoms with Crippen LogP contribution >= 0.6 is 0 Å². The summed E-state index contributed by atoms with van der Waals surface area (Å²) >= 11 is 0. The number of amides is 1. The van der Waals surface area contributed by atoms with E-state index >= 15 is 0 Å². The second-order valence-corrected chi connectivity index (χ2v) is 4.46. The number of fused-ring (bicyclic) bond motifs is 1. The Bertz CT molecular complexity index is 457. The van der Waals surface area contributed by atoms with E-state index in [0.29, 0.717) is 6.54 Å². The Labute approximate surface area is 101 Å². The molecule has 1 aliphatic rings. The number of carbonyl (C=O) groups excluding carboxylic acids is 1. The van der Waals surface area contributed by atoms with Crippen LogP contribution in [0.25, 0.3) is 0 Å². The molecule has 0 saturated heterocycles. The number of rotatable bonds is 2. The molecule has 0 saturated carbocycles. The van der Waals surface area contributed by atoms with Gasteiger partial charge in [0.2, 0.25) is 0 Å². The van der Waals surface area contributed by atoms with Crippen LogP contribution in [0.3, 0.4) is 0 Å². The van der Waals surface area contributed by atoms with Crippen molar-refractivity contribution < 1.29 is 9.53 Å². The van der Waals surface area contributed by atoms with Crippen molar-refractivity contribution in [2.45, 2.75) is 26.4 Å². The first-order valence-corrected chi connectivity index (χ1v) is 5.77. The van der Waals surface area contributed by atoms with Crippen LogP contribution in [-0.2, 0) is 16.0 Å². The average Bonchev–Trinajstić information content (AvgIpc) is 2.70. The summed E-state index contributed by atoms with van der Waals surface area (Å²) in [6.45, 7) is 4.46. The molecule has 1 amide bonds. The first kappa shape index (κ1) is 11.9. The summed E-state index contributed by atoms with van der Waals surface area (Å²) in [5, 5.41) is 0. The zero-order valence-corrected chi connectivity index (χ0v) is 10.5. The number of anilines is 2. The molecule has 1 atom stereocenters. The molecular weight excluding hydrogens is 216 g/mol. The summed E-state index contributed by atoms with van der Waals surface area (Å²) in [7, 11) is 1.54. The first-order valence-electron chi connectivity index (χ1n) is 5.77. The largest absolute Gasteiger partial charge is 0.398 e. The fourth-order valence-corrected chi connectivity index (χ4v) is 2.13. The number of methoxy groups -OCH3 is 1. The van der Waals surface area contributed by atoms with Crippen molar-refractivity contribution in [1.82, 2.24) is 0 Å². The van der Waals surface area contributed by atoms with Gasteiger partial charge < -0.3 is 15.4 Å². The van der Waals surface area contributed by atoms with Gasteiger partial charge in [-0.15, -0.1) is 0 Å². The third-order valence-corrected chi connectivity index (χ3v) is 3.33. The molecule has 17 heavy (non-hydrogen) atoms. The predicted octanol–water partition coefficient (Wildman–Crippen LogP) is 1.50. The Hall–Kier alpha value is -1.55. The van der Waals surface area contributed by atoms with Gasteiger partial charge >= 0.3 is 0 Å². The molecule has 0 aliphatic carbocycles. The Kier molecular flexibility index (Phi) is 3.07. The summed E-state index contributed by atoms with van der Waals surface area (Å²) in [6.07, 6.45) is 0.474. The standard InChI is InChI=1S/C13H18N2O2/c1-8-6-10-4-5-15(12(10)7-11(8)14)13(16)9(2)17-3/h6-7,9H,4-5,14H2,1-3H3. The Morgan fingerprint density at radius 2 is 2.24 bits per heavy atom. The number of hydrogen-bond donors (Lipinski definition) is 1. The molecular formula is C13H18N2O2. The van der Waals surface area contributed by atoms with Crippen LogP contribution in [-0.4, -0.2) is 25.7 Å². The summed E-state index contributed by atoms with van der Waals surface area (Å²) in [6, 6.07) is 3.95. The SMILES string of the molecule is COC(C)C(=O)N1CCc2cc(C)c(N)cc21. The van der Waals surface area contributed by atoms with Gasteiger partial charge in [-0.1, -0.05) is 6.07 Å². The first-order chi connectivity index (χ1) is 8.04. The lowest BCUT2D eigenvalue weighted by Gasteiger charge is -2.21. The maximum absolute atomic E-state index is 12.1. The van der Waals surface area contributed by atoms with Gasteiger partial charge in [-0.3, -0.25) is 4.79 Å². The van der Waals surface area contributed by atoms with Gasteiger partial charge in [-0.25, -0.2) is 0 Å². The van der Waals surface area contributed by atoms with E-state index < -0.39 is 6.10 Å². The van der Waals surface area contributed by atoms with Crippen molar-refractivity contribution in [3.63, 3.8) is 0 Å². The van der Waals surface area contributed by atoms with E-state index in [1.165, 1.54) is 5.56 Å². The molecule has 2 rings (SSSR count). The van der Waals surface area contributed by atoms with Crippen molar-refractivity contribution in [3.05, 3.63) is 23.3 Å². The highest BCUT2D eigenvalue weighted by Gasteiger charge is 2.28. The van der Waals surface area contributed by atoms with E-state index in [1.54, 1.807) is 18.9 Å². The Balaban J connectivity index is 2.34. The van der Waals surface area contributed by atoms with E-state index in [0.717, 1.165) is 23.4 Å². The molecule has 0 aromatic heterocycles. The van der Waals surface area contributed by atoms with Crippen LogP contribution in [0, 0.1) is 6.92 Å². The third-order valence-electron chi connectivity index (χ3n) is 3.33. The molecule has 1 aromatic rings. The topological polar surface area (TPSA) is 55.6 Å². The van der Waals surface area contributed by atoms with E-state index in [1.807, 2.05) is 13.0 Å². The van der Waals surface area contributed by atoms with E-state index in [9.17, 15) is 4.79 Å². The highest BCUT2D eigenvalue weighted by Crippen LogP contribution is 2.32. The minimum atomic E-state index is -0.413. The maximum Gasteiger partial charge on any atom is 0.255 e. The van der Waals surface area contributed by atoms with Gasteiger partial charge in [0.05, 0.1) is 0 Å². The number of ether oxygens (including phenoxy) is 1. The molecule has 4 nitrogen and oxygen atoms in total. The molecule has 0 spiro atoms. The van der Waals surface area contributed by atoms with E-state index in [2.05, 4.69) is 6.07 Å². The number of carbonyl (C=O) groups is 1. The van der Waals surface area contributed by atoms with Crippen LogP contribution in [0.1, 0.15) is 18.1 Å². The second kappa shape index (κ2) is 4.37. The van der Waals surface area contributed by atoms with Crippen LogP contribution in [0.2, 0.25) is 0 Å². The van der Waals surface area contributed by atoms with Gasteiger partial charge in [0.25, 0.3) is 5.91 Å². The van der Waals surface area contributed by atoms with Crippen LogP contribution in [0.15, 0.2) is 12.1 Å². The van der Waals surface area contributed by atoms with Crippen LogP contribution in [0.5, 0.6) is 0 Å². The molecule has 0 fully saturated rings. The molecule has 1 heterocycles. The zero-order valence-electron chi connectivity index (χ0n) is 10.5. The molecule has 2 N–H and O–H groups in total. The third kappa shape index (κ3) is 2.00. The van der Waals surface area contributed by atoms with Crippen LogP contribution < -0.4 is 10.6 Å². The summed E-state index contributed by atoms with van der Waals surface area (Å²) in [5.41, 5.74) is 9.81. The molecule has 1 aliphatic heterocycles. The van der Waals surface area contributed by atoms with Crippen molar-refractivity contribution in [1.29, 1.82) is 0 Å². The molecule has 0 bridgehead atoms. The average molecular weight is 234 g/mol. The van der Waals surface area contributed by atoms with Crippen molar-refractivity contribution in [2.75, 3.05) is 24.3 Å². The molecule has 1 aromatic carbocycles. The van der Waals surface area contributed by atoms with Gasteiger partial charge in [-0.05, 0) is 37.5 Å². The molecule has 4 heteroatoms. The summed E-state index contributed by atoms with van der Waals surface area (Å²) in [4.78, 5) is 13.9. The maximum atomic E-state index is 12.1. The molecule has 92 valence electrons. The smallest absolute Gasteiger partial charge is 0.255 e. The van der Waals surface area contributed by atoms with E-state index in [-0.39, 0.29) is 5.91 Å². The number of nitrogens with zero attached hydrogens (tertiary/aromatic N) is 1. The quantitative estimate of drug-likeness (QED) is 0.789. The number of nitrogens with two attached hydrogens (primary N) is 1. The fraction of sp³-hybridized carbons (Fsp3) is 0.462. The second-order valence-electron chi connectivity index (χ2n) is 4.46. The lowest BCUT2D eigenvalue weighted by molar-refractivity contribution is -0.127. The van der Waals surface area contributed by atoms with Crippen molar-refractivity contribution in [2.24, 2.45) is 0 Å². The normalized spacial score (nSPS) is 15.8. The van der Waals surface area contributed by atoms with Gasteiger partial charge in [0, 0.05) is 25.0 Å². The minimum Gasteiger partial charge on any atom is -0.398 e.